The van der Waals surface area contributed by atoms with E-state index in [0.29, 0.717) is 58.6 Å². The lowest BCUT2D eigenvalue weighted by molar-refractivity contribution is 0.349. The molecule has 16 heteroatoms. The number of rotatable bonds is 20. The normalized spacial score (nSPS) is 12.8. The third-order valence-electron chi connectivity index (χ3n) is 16.5. The zero-order chi connectivity index (χ0) is 67.8. The molecule has 10 aromatic rings. The molecule has 468 valence electrons. The Morgan fingerprint density at radius 3 is 0.732 bits per heavy atom. The standard InChI is InChI=1S/C81H56N8O8/c1-9-86-51-21-13-25-55(37-51)90-67-29-17-33-71(59(67)45-82)94-75-41-63-65(43-77(75)96-73-35-19-31-69(61(73)47-84)92-57-27-15-23-53(39-57)88-11-3)81(49-79(63,5)6)50-80(7,8)64-42-76(95-72-34-18-30-68(60(72)46-83)91-56-26-14-22-52(38-56)87-10-2)78(44-66(64)81)97-74-36-20-32-70(62(74)48-85)93-58-28-16-24-54(40-58)89-12-4/h1-4,13-44,86-89H,49-50H2,5-8H3. The first-order valence-electron chi connectivity index (χ1n) is 30.3. The van der Waals surface area contributed by atoms with Crippen molar-refractivity contribution in [2.45, 2.75) is 56.8 Å². The summed E-state index contributed by atoms with van der Waals surface area (Å²) in [6.45, 7) is 8.65. The molecule has 2 aliphatic carbocycles. The molecule has 0 aliphatic heterocycles. The van der Waals surface area contributed by atoms with Gasteiger partial charge >= 0.3 is 0 Å². The smallest absolute Gasteiger partial charge is 0.170 e. The number of nitriles is 4. The van der Waals surface area contributed by atoms with E-state index in [0.717, 1.165) is 22.3 Å². The number of nitrogens with one attached hydrogen (secondary N) is 4. The van der Waals surface area contributed by atoms with Gasteiger partial charge < -0.3 is 59.2 Å². The van der Waals surface area contributed by atoms with Crippen LogP contribution in [0.4, 0.5) is 22.7 Å². The third kappa shape index (κ3) is 12.9. The summed E-state index contributed by atoms with van der Waals surface area (Å²) >= 11 is 0. The van der Waals surface area contributed by atoms with Crippen molar-refractivity contribution in [3.8, 4) is 166 Å². The van der Waals surface area contributed by atoms with Gasteiger partial charge in [0.05, 0.1) is 0 Å². The minimum atomic E-state index is -0.825. The predicted octanol–water partition coefficient (Wildman–Crippen LogP) is 19.2. The van der Waals surface area contributed by atoms with Crippen LogP contribution in [0, 0.1) is 95.2 Å². The minimum Gasteiger partial charge on any atom is -0.456 e. The van der Waals surface area contributed by atoms with E-state index < -0.39 is 16.2 Å². The third-order valence-corrected chi connectivity index (χ3v) is 16.5. The lowest BCUT2D eigenvalue weighted by atomic mass is 9.72. The summed E-state index contributed by atoms with van der Waals surface area (Å²) in [5.74, 6) is 3.81. The molecule has 0 heterocycles. The molecule has 0 aromatic heterocycles. The maximum atomic E-state index is 11.0. The molecular weight excluding hydrogens is 1210 g/mol. The predicted molar refractivity (Wildman–Crippen MR) is 370 cm³/mol. The first-order valence-corrected chi connectivity index (χ1v) is 30.3. The van der Waals surface area contributed by atoms with Gasteiger partial charge in [-0.05, 0) is 167 Å². The van der Waals surface area contributed by atoms with E-state index in [4.69, 9.17) is 63.6 Å². The average Bonchev–Trinajstić information content (AvgIpc) is 1.52. The molecule has 4 N–H and O–H groups in total. The van der Waals surface area contributed by atoms with Crippen molar-refractivity contribution in [1.29, 1.82) is 21.0 Å². The Hall–Kier alpha value is -14.0. The van der Waals surface area contributed by atoms with Gasteiger partial charge in [0.1, 0.15) is 116 Å². The molecule has 0 saturated heterocycles. The molecule has 2 aliphatic rings. The summed E-state index contributed by atoms with van der Waals surface area (Å²) in [4.78, 5) is 0. The summed E-state index contributed by atoms with van der Waals surface area (Å²) in [6, 6.07) is 74.8. The molecule has 0 atom stereocenters. The van der Waals surface area contributed by atoms with Gasteiger partial charge in [-0.15, -0.1) is 0 Å². The summed E-state index contributed by atoms with van der Waals surface area (Å²) in [5, 5.41) is 55.2. The summed E-state index contributed by atoms with van der Waals surface area (Å²) < 4.78 is 53.4. The Balaban J connectivity index is 1.02. The Kier molecular flexibility index (Phi) is 17.4. The molecule has 0 saturated carbocycles. The number of anilines is 4. The van der Waals surface area contributed by atoms with E-state index in [9.17, 15) is 21.0 Å². The molecule has 0 bridgehead atoms. The molecule has 0 unspecified atom stereocenters. The van der Waals surface area contributed by atoms with Crippen LogP contribution in [0.5, 0.6) is 92.0 Å². The maximum Gasteiger partial charge on any atom is 0.170 e. The fourth-order valence-corrected chi connectivity index (χ4v) is 12.7. The quantitative estimate of drug-likeness (QED) is 0.0412. The van der Waals surface area contributed by atoms with Crippen LogP contribution in [0.15, 0.2) is 194 Å². The molecule has 10 aromatic carbocycles. The van der Waals surface area contributed by atoms with Gasteiger partial charge in [-0.2, -0.15) is 21.0 Å². The van der Waals surface area contributed by atoms with Crippen molar-refractivity contribution in [2.75, 3.05) is 21.3 Å². The van der Waals surface area contributed by atoms with Crippen LogP contribution in [0.2, 0.25) is 0 Å². The van der Waals surface area contributed by atoms with E-state index >= 15 is 0 Å². The first kappa shape index (κ1) is 63.2. The summed E-state index contributed by atoms with van der Waals surface area (Å²) in [5.41, 5.74) is 4.27. The van der Waals surface area contributed by atoms with Crippen LogP contribution in [0.1, 0.15) is 85.0 Å². The molecule has 16 nitrogen and oxygen atoms in total. The zero-order valence-electron chi connectivity index (χ0n) is 52.8. The van der Waals surface area contributed by atoms with Crippen molar-refractivity contribution >= 4 is 22.7 Å². The minimum absolute atomic E-state index is 0.0690. The van der Waals surface area contributed by atoms with Gasteiger partial charge in [-0.25, -0.2) is 0 Å². The monoisotopic (exact) mass is 1270 g/mol. The molecule has 0 amide bonds. The largest absolute Gasteiger partial charge is 0.456 e. The molecule has 1 spiro atoms. The molecule has 97 heavy (non-hydrogen) atoms. The van der Waals surface area contributed by atoms with Crippen molar-refractivity contribution < 1.29 is 37.9 Å². The Morgan fingerprint density at radius 1 is 0.289 bits per heavy atom. The Morgan fingerprint density at radius 2 is 0.505 bits per heavy atom. The highest BCUT2D eigenvalue weighted by Gasteiger charge is 2.57. The fraction of sp³-hybridized carbons (Fsp3) is 0.111. The van der Waals surface area contributed by atoms with Crippen LogP contribution in [-0.2, 0) is 16.2 Å². The summed E-state index contributed by atoms with van der Waals surface area (Å²) in [7, 11) is 0. The van der Waals surface area contributed by atoms with Gasteiger partial charge in [0.2, 0.25) is 0 Å². The van der Waals surface area contributed by atoms with Crippen LogP contribution in [0.3, 0.4) is 0 Å². The van der Waals surface area contributed by atoms with Gasteiger partial charge in [-0.3, -0.25) is 0 Å². The van der Waals surface area contributed by atoms with Gasteiger partial charge in [0.15, 0.2) is 23.0 Å². The van der Waals surface area contributed by atoms with E-state index in [1.165, 1.54) is 0 Å². The highest BCUT2D eigenvalue weighted by molar-refractivity contribution is 5.70. The van der Waals surface area contributed by atoms with Crippen molar-refractivity contribution in [3.05, 3.63) is 239 Å². The lowest BCUT2D eigenvalue weighted by Gasteiger charge is -2.31. The van der Waals surface area contributed by atoms with Crippen LogP contribution in [-0.4, -0.2) is 0 Å². The van der Waals surface area contributed by atoms with Gasteiger partial charge in [0.25, 0.3) is 0 Å². The van der Waals surface area contributed by atoms with Gasteiger partial charge in [0, 0.05) is 76.6 Å². The van der Waals surface area contributed by atoms with Crippen molar-refractivity contribution in [1.82, 2.24) is 0 Å². The Bertz CT molecular complexity index is 4850. The first-order chi connectivity index (χ1) is 47.1. The second-order valence-electron chi connectivity index (χ2n) is 23.9. The van der Waals surface area contributed by atoms with Gasteiger partial charge in [-0.1, -0.05) is 102 Å². The van der Waals surface area contributed by atoms with Crippen LogP contribution < -0.4 is 59.2 Å². The zero-order valence-corrected chi connectivity index (χ0v) is 52.8. The SMILES string of the molecule is C#CNc1cccc(Oc2cccc(Oc3cc4c(cc3Oc3cccc(Oc5cccc(NC#C)c5)c3C#N)C3(CC4(C)C)CC(C)(C)c4cc(Oc5cccc(Oc6cccc(NC#C)c6)c5C#N)c(Oc5cccc(Oc6cccc(NC#C)c6)c5C#N)cc43)c2C#N)c1. The molecule has 0 radical (unpaired) electrons. The van der Waals surface area contributed by atoms with E-state index in [1.54, 1.807) is 170 Å². The lowest BCUT2D eigenvalue weighted by Crippen LogP contribution is -2.27. The number of hydrogen-bond acceptors (Lipinski definition) is 16. The number of terminal acetylenes is 4. The number of fused-ring (bicyclic) bond motifs is 4. The number of ether oxygens (including phenoxy) is 8. The van der Waals surface area contributed by atoms with E-state index in [2.05, 4.69) is 97.4 Å². The van der Waals surface area contributed by atoms with E-state index in [1.807, 2.05) is 24.3 Å². The topological polar surface area (TPSA) is 217 Å². The maximum absolute atomic E-state index is 11.0. The van der Waals surface area contributed by atoms with Crippen molar-refractivity contribution in [2.24, 2.45) is 0 Å². The molecule has 0 fully saturated rings. The fourth-order valence-electron chi connectivity index (χ4n) is 12.7. The number of benzene rings is 10. The molecular formula is C81H56N8O8. The Labute approximate surface area is 561 Å². The van der Waals surface area contributed by atoms with E-state index in [-0.39, 0.29) is 91.2 Å². The van der Waals surface area contributed by atoms with Crippen molar-refractivity contribution in [3.63, 3.8) is 0 Å². The highest BCUT2D eigenvalue weighted by atomic mass is 16.5. The second-order valence-corrected chi connectivity index (χ2v) is 23.9. The highest BCUT2D eigenvalue weighted by Crippen LogP contribution is 2.66. The average molecular weight is 1270 g/mol. The second kappa shape index (κ2) is 26.7. The number of nitrogens with zero attached hydrogens (tertiary/aromatic N) is 4. The van der Waals surface area contributed by atoms with Crippen LogP contribution in [0.25, 0.3) is 0 Å². The van der Waals surface area contributed by atoms with Crippen LogP contribution >= 0.6 is 0 Å². The number of hydrogen-bond donors (Lipinski definition) is 4. The summed E-state index contributed by atoms with van der Waals surface area (Å²) in [6.07, 6.45) is 23.3. The molecule has 12 rings (SSSR count).